The van der Waals surface area contributed by atoms with E-state index in [0.717, 1.165) is 28.4 Å². The molecule has 0 radical (unpaired) electrons. The second-order valence-electron chi connectivity index (χ2n) is 7.79. The van der Waals surface area contributed by atoms with Gasteiger partial charge in [0, 0.05) is 12.1 Å². The Kier molecular flexibility index (Phi) is 8.19. The molecule has 162 valence electrons. The molecule has 2 aromatic carbocycles. The molecule has 1 atom stereocenters. The van der Waals surface area contributed by atoms with Crippen LogP contribution in [-0.2, 0) is 24.3 Å². The van der Waals surface area contributed by atoms with Gasteiger partial charge >= 0.3 is 0 Å². The maximum atomic E-state index is 13.3. The molecule has 0 fully saturated rings. The van der Waals surface area contributed by atoms with Crippen molar-refractivity contribution in [2.75, 3.05) is 19.6 Å². The average Bonchev–Trinajstić information content (AvgIpc) is 3.18. The van der Waals surface area contributed by atoms with Crippen LogP contribution in [0.15, 0.2) is 83.8 Å². The van der Waals surface area contributed by atoms with Crippen molar-refractivity contribution in [3.63, 3.8) is 0 Å². The molecule has 1 amide bonds. The molecule has 1 N–H and O–H groups in total. The van der Waals surface area contributed by atoms with Crippen LogP contribution in [0.1, 0.15) is 22.6 Å². The Morgan fingerprint density at radius 2 is 1.81 bits per heavy atom. The van der Waals surface area contributed by atoms with E-state index in [9.17, 15) is 9.18 Å². The van der Waals surface area contributed by atoms with Crippen molar-refractivity contribution < 1.29 is 18.5 Å². The van der Waals surface area contributed by atoms with E-state index in [1.165, 1.54) is 17.7 Å². The molecule has 4 nitrogen and oxygen atoms in total. The van der Waals surface area contributed by atoms with Crippen LogP contribution in [0.25, 0.3) is 0 Å². The van der Waals surface area contributed by atoms with Gasteiger partial charge in [-0.2, -0.15) is 0 Å². The first kappa shape index (κ1) is 22.5. The number of nitrogens with zero attached hydrogens (tertiary/aromatic N) is 1. The van der Waals surface area contributed by atoms with Crippen LogP contribution in [0.4, 0.5) is 4.39 Å². The minimum absolute atomic E-state index is 0.0592. The third-order valence-electron chi connectivity index (χ3n) is 5.21. The van der Waals surface area contributed by atoms with E-state index in [2.05, 4.69) is 18.7 Å². The molecule has 31 heavy (non-hydrogen) atoms. The molecular weight excluding hydrogens is 391 g/mol. The van der Waals surface area contributed by atoms with E-state index in [0.29, 0.717) is 32.7 Å². The van der Waals surface area contributed by atoms with Crippen molar-refractivity contribution in [3.05, 3.63) is 108 Å². The Bertz CT molecular complexity index is 967. The average molecular weight is 422 g/mol. The highest BCUT2D eigenvalue weighted by Gasteiger charge is 2.21. The highest BCUT2D eigenvalue weighted by molar-refractivity contribution is 5.77. The quantitative estimate of drug-likeness (QED) is 0.481. The topological polar surface area (TPSA) is 37.9 Å². The molecule has 5 heteroatoms. The molecule has 1 unspecified atom stereocenters. The lowest BCUT2D eigenvalue weighted by Crippen LogP contribution is -3.11. The summed E-state index contributed by atoms with van der Waals surface area (Å²) in [5.41, 5.74) is 2.18. The van der Waals surface area contributed by atoms with Crippen molar-refractivity contribution in [2.45, 2.75) is 26.4 Å². The van der Waals surface area contributed by atoms with E-state index < -0.39 is 0 Å². The normalized spacial score (nSPS) is 11.8. The molecule has 1 heterocycles. The van der Waals surface area contributed by atoms with E-state index in [1.54, 1.807) is 12.1 Å². The van der Waals surface area contributed by atoms with E-state index in [1.807, 2.05) is 48.2 Å². The standard InChI is InChI=1S/C26H29FN2O2/c1-3-16-28(18-23-10-12-24(27)13-11-23)20-26(30)29(19-25-14-9-21(2)31-25)17-15-22-7-5-4-6-8-22/h3-14H,1,15-20H2,2H3/p+1. The van der Waals surface area contributed by atoms with Gasteiger partial charge in [-0.1, -0.05) is 49.0 Å². The number of amides is 1. The smallest absolute Gasteiger partial charge is 0.278 e. The van der Waals surface area contributed by atoms with E-state index in [-0.39, 0.29) is 11.7 Å². The maximum Gasteiger partial charge on any atom is 0.278 e. The predicted molar refractivity (Wildman–Crippen MR) is 120 cm³/mol. The summed E-state index contributed by atoms with van der Waals surface area (Å²) in [7, 11) is 0. The Morgan fingerprint density at radius 3 is 2.45 bits per heavy atom. The van der Waals surface area contributed by atoms with Crippen LogP contribution >= 0.6 is 0 Å². The van der Waals surface area contributed by atoms with Crippen LogP contribution in [-0.4, -0.2) is 30.4 Å². The fourth-order valence-electron chi connectivity index (χ4n) is 3.59. The lowest BCUT2D eigenvalue weighted by molar-refractivity contribution is -0.900. The van der Waals surface area contributed by atoms with Crippen molar-refractivity contribution in [3.8, 4) is 0 Å². The Hall–Kier alpha value is -3.18. The van der Waals surface area contributed by atoms with E-state index >= 15 is 0 Å². The van der Waals surface area contributed by atoms with E-state index in [4.69, 9.17) is 4.42 Å². The number of quaternary nitrogens is 1. The van der Waals surface area contributed by atoms with Crippen LogP contribution in [0.2, 0.25) is 0 Å². The van der Waals surface area contributed by atoms with Crippen LogP contribution in [0.5, 0.6) is 0 Å². The fraction of sp³-hybridized carbons (Fsp3) is 0.269. The van der Waals surface area contributed by atoms with Crippen molar-refractivity contribution in [2.24, 2.45) is 0 Å². The largest absolute Gasteiger partial charge is 0.464 e. The molecule has 0 aliphatic heterocycles. The van der Waals surface area contributed by atoms with Crippen molar-refractivity contribution >= 4 is 5.91 Å². The number of hydrogen-bond donors (Lipinski definition) is 1. The summed E-state index contributed by atoms with van der Waals surface area (Å²) >= 11 is 0. The minimum Gasteiger partial charge on any atom is -0.464 e. The molecule has 0 saturated carbocycles. The molecule has 0 aliphatic carbocycles. The fourth-order valence-corrected chi connectivity index (χ4v) is 3.59. The third-order valence-corrected chi connectivity index (χ3v) is 5.21. The number of carbonyl (C=O) groups excluding carboxylic acids is 1. The molecule has 3 rings (SSSR count). The monoisotopic (exact) mass is 421 g/mol. The van der Waals surface area contributed by atoms with Gasteiger partial charge in [-0.3, -0.25) is 4.79 Å². The van der Waals surface area contributed by atoms with Gasteiger partial charge in [-0.05, 0) is 49.2 Å². The summed E-state index contributed by atoms with van der Waals surface area (Å²) in [6.45, 7) is 8.40. The molecule has 0 spiro atoms. The summed E-state index contributed by atoms with van der Waals surface area (Å²) in [6, 6.07) is 20.4. The molecule has 0 bridgehead atoms. The van der Waals surface area contributed by atoms with Gasteiger partial charge in [-0.15, -0.1) is 0 Å². The first-order chi connectivity index (χ1) is 15.0. The summed E-state index contributed by atoms with van der Waals surface area (Å²) in [6.07, 6.45) is 2.59. The van der Waals surface area contributed by atoms with Crippen LogP contribution in [0, 0.1) is 12.7 Å². The number of rotatable bonds is 11. The first-order valence-electron chi connectivity index (χ1n) is 10.6. The van der Waals surface area contributed by atoms with Crippen LogP contribution in [0.3, 0.4) is 0 Å². The zero-order valence-corrected chi connectivity index (χ0v) is 18.0. The zero-order valence-electron chi connectivity index (χ0n) is 18.0. The van der Waals surface area contributed by atoms with Gasteiger partial charge in [0.05, 0.1) is 13.1 Å². The third kappa shape index (κ3) is 7.23. The summed E-state index contributed by atoms with van der Waals surface area (Å²) in [5.74, 6) is 1.42. The lowest BCUT2D eigenvalue weighted by Gasteiger charge is -2.25. The van der Waals surface area contributed by atoms with Gasteiger partial charge in [0.2, 0.25) is 0 Å². The zero-order chi connectivity index (χ0) is 22.1. The molecular formula is C26H30FN2O2+. The van der Waals surface area contributed by atoms with Gasteiger partial charge in [0.25, 0.3) is 5.91 Å². The van der Waals surface area contributed by atoms with Crippen LogP contribution < -0.4 is 4.90 Å². The first-order valence-corrected chi connectivity index (χ1v) is 10.6. The molecule has 3 aromatic rings. The second-order valence-corrected chi connectivity index (χ2v) is 7.79. The Balaban J connectivity index is 1.69. The van der Waals surface area contributed by atoms with Gasteiger partial charge in [0.1, 0.15) is 23.9 Å². The maximum absolute atomic E-state index is 13.3. The number of halogens is 1. The van der Waals surface area contributed by atoms with Gasteiger partial charge < -0.3 is 14.2 Å². The number of aryl methyl sites for hydroxylation is 1. The molecule has 0 aliphatic rings. The summed E-state index contributed by atoms with van der Waals surface area (Å²) < 4.78 is 19.0. The highest BCUT2D eigenvalue weighted by atomic mass is 19.1. The van der Waals surface area contributed by atoms with Crippen molar-refractivity contribution in [1.29, 1.82) is 0 Å². The molecule has 1 aromatic heterocycles. The highest BCUT2D eigenvalue weighted by Crippen LogP contribution is 2.11. The second kappa shape index (κ2) is 11.3. The molecule has 0 saturated heterocycles. The van der Waals surface area contributed by atoms with Gasteiger partial charge in [-0.25, -0.2) is 4.39 Å². The Labute approximate surface area is 183 Å². The van der Waals surface area contributed by atoms with Gasteiger partial charge in [0.15, 0.2) is 6.54 Å². The summed E-state index contributed by atoms with van der Waals surface area (Å²) in [4.78, 5) is 16.2. The lowest BCUT2D eigenvalue weighted by atomic mass is 10.1. The summed E-state index contributed by atoms with van der Waals surface area (Å²) in [5, 5.41) is 0. The number of nitrogens with one attached hydrogen (secondary N) is 1. The predicted octanol–water partition coefficient (Wildman–Crippen LogP) is 3.57. The number of hydrogen-bond acceptors (Lipinski definition) is 2. The van der Waals surface area contributed by atoms with Crippen molar-refractivity contribution in [1.82, 2.24) is 4.90 Å². The number of carbonyl (C=O) groups is 1. The SMILES string of the molecule is C=CC[NH+](CC(=O)N(CCc1ccccc1)Cc1ccc(C)o1)Cc1ccc(F)cc1. The number of furan rings is 1. The Morgan fingerprint density at radius 1 is 1.06 bits per heavy atom. The number of benzene rings is 2. The minimum atomic E-state index is -0.258.